The fraction of sp³-hybridized carbons (Fsp3) is 0.611. The molecule has 0 atom stereocenters. The zero-order valence-corrected chi connectivity index (χ0v) is 14.4. The van der Waals surface area contributed by atoms with Gasteiger partial charge in [-0.25, -0.2) is 4.39 Å². The van der Waals surface area contributed by atoms with E-state index in [4.69, 9.17) is 4.74 Å². The van der Waals surface area contributed by atoms with Crippen LogP contribution in [0.3, 0.4) is 0 Å². The van der Waals surface area contributed by atoms with Gasteiger partial charge in [-0.1, -0.05) is 12.1 Å². The fourth-order valence-corrected chi connectivity index (χ4v) is 3.17. The predicted molar refractivity (Wildman–Crippen MR) is 93.9 cm³/mol. The second kappa shape index (κ2) is 7.94. The first kappa shape index (κ1) is 17.2. The lowest BCUT2D eigenvalue weighted by molar-refractivity contribution is 0.0389. The van der Waals surface area contributed by atoms with Gasteiger partial charge >= 0.3 is 0 Å². The molecule has 1 heterocycles. The highest BCUT2D eigenvalue weighted by atomic mass is 19.1. The Labute approximate surface area is 143 Å². The van der Waals surface area contributed by atoms with Crippen LogP contribution in [0.25, 0.3) is 0 Å². The van der Waals surface area contributed by atoms with Gasteiger partial charge in [0.15, 0.2) is 5.96 Å². The Morgan fingerprint density at radius 1 is 1.29 bits per heavy atom. The summed E-state index contributed by atoms with van der Waals surface area (Å²) in [7, 11) is 1.78. The van der Waals surface area contributed by atoms with Gasteiger partial charge in [-0.2, -0.15) is 0 Å². The van der Waals surface area contributed by atoms with Crippen LogP contribution in [0.5, 0.6) is 0 Å². The molecule has 1 saturated carbocycles. The molecule has 0 spiro atoms. The van der Waals surface area contributed by atoms with E-state index in [1.807, 2.05) is 6.07 Å². The first-order valence-corrected chi connectivity index (χ1v) is 8.72. The number of nitrogens with one attached hydrogen (secondary N) is 2. The van der Waals surface area contributed by atoms with Crippen molar-refractivity contribution in [3.63, 3.8) is 0 Å². The lowest BCUT2D eigenvalue weighted by atomic mass is 9.96. The van der Waals surface area contributed by atoms with E-state index in [0.717, 1.165) is 70.3 Å². The van der Waals surface area contributed by atoms with E-state index in [0.29, 0.717) is 0 Å². The molecule has 1 aromatic carbocycles. The summed E-state index contributed by atoms with van der Waals surface area (Å²) in [6.07, 6.45) is 2.18. The lowest BCUT2D eigenvalue weighted by Gasteiger charge is -2.27. The Balaban J connectivity index is 1.44. The van der Waals surface area contributed by atoms with Gasteiger partial charge in [0.1, 0.15) is 5.82 Å². The Hall–Kier alpha value is -1.66. The number of morpholine rings is 1. The molecule has 2 aliphatic rings. The molecule has 24 heavy (non-hydrogen) atoms. The van der Waals surface area contributed by atoms with Crippen LogP contribution in [-0.4, -0.2) is 63.8 Å². The van der Waals surface area contributed by atoms with Gasteiger partial charge in [-0.05, 0) is 30.5 Å². The quantitative estimate of drug-likeness (QED) is 0.609. The molecule has 3 rings (SSSR count). The van der Waals surface area contributed by atoms with Gasteiger partial charge in [0, 0.05) is 45.2 Å². The molecule has 0 unspecified atom stereocenters. The third-order valence-corrected chi connectivity index (χ3v) is 4.93. The van der Waals surface area contributed by atoms with E-state index in [9.17, 15) is 4.39 Å². The monoisotopic (exact) mass is 334 g/mol. The van der Waals surface area contributed by atoms with Crippen LogP contribution in [0, 0.1) is 5.82 Å². The number of ether oxygens (including phenoxy) is 1. The largest absolute Gasteiger partial charge is 0.379 e. The van der Waals surface area contributed by atoms with E-state index in [2.05, 4.69) is 20.5 Å². The van der Waals surface area contributed by atoms with Crippen molar-refractivity contribution in [2.24, 2.45) is 4.99 Å². The van der Waals surface area contributed by atoms with Gasteiger partial charge in [-0.3, -0.25) is 9.89 Å². The molecule has 132 valence electrons. The molecule has 0 radical (unpaired) electrons. The molecule has 1 aliphatic carbocycles. The fourth-order valence-electron chi connectivity index (χ4n) is 3.17. The average molecular weight is 334 g/mol. The second-order valence-electron chi connectivity index (χ2n) is 6.60. The van der Waals surface area contributed by atoms with Crippen molar-refractivity contribution in [3.05, 3.63) is 35.6 Å². The molecular formula is C18H27FN4O. The van der Waals surface area contributed by atoms with E-state index in [-0.39, 0.29) is 11.2 Å². The zero-order valence-electron chi connectivity index (χ0n) is 14.4. The summed E-state index contributed by atoms with van der Waals surface area (Å²) in [5, 5.41) is 6.76. The Bertz CT molecular complexity index is 568. The number of guanidine groups is 1. The molecule has 1 saturated heterocycles. The summed E-state index contributed by atoms with van der Waals surface area (Å²) in [5.41, 5.74) is 1.14. The molecule has 2 N–H and O–H groups in total. The first-order chi connectivity index (χ1) is 11.7. The van der Waals surface area contributed by atoms with E-state index in [1.165, 1.54) is 6.07 Å². The number of rotatable bonds is 6. The SMILES string of the molecule is CN=C(NCCN1CCOCC1)NCC1(c2cccc(F)c2)CC1. The Kier molecular flexibility index (Phi) is 5.68. The Morgan fingerprint density at radius 2 is 2.08 bits per heavy atom. The first-order valence-electron chi connectivity index (χ1n) is 8.72. The van der Waals surface area contributed by atoms with Crippen LogP contribution in [0.15, 0.2) is 29.3 Å². The molecule has 0 amide bonds. The number of nitrogens with zero attached hydrogens (tertiary/aromatic N) is 2. The number of hydrogen-bond donors (Lipinski definition) is 2. The summed E-state index contributed by atoms with van der Waals surface area (Å²) in [6, 6.07) is 6.97. The minimum Gasteiger partial charge on any atom is -0.379 e. The molecule has 2 fully saturated rings. The minimum absolute atomic E-state index is 0.0595. The lowest BCUT2D eigenvalue weighted by Crippen LogP contribution is -2.45. The van der Waals surface area contributed by atoms with Gasteiger partial charge in [0.25, 0.3) is 0 Å². The van der Waals surface area contributed by atoms with Crippen molar-refractivity contribution in [1.82, 2.24) is 15.5 Å². The van der Waals surface area contributed by atoms with Crippen LogP contribution in [-0.2, 0) is 10.2 Å². The van der Waals surface area contributed by atoms with Crippen LogP contribution in [0.4, 0.5) is 4.39 Å². The van der Waals surface area contributed by atoms with Gasteiger partial charge in [-0.15, -0.1) is 0 Å². The standard InChI is InChI=1S/C18H27FN4O/c1-20-17(21-7-8-23-9-11-24-12-10-23)22-14-18(5-6-18)15-3-2-4-16(19)13-15/h2-4,13H,5-12,14H2,1H3,(H2,20,21,22). The highest BCUT2D eigenvalue weighted by Gasteiger charge is 2.44. The van der Waals surface area contributed by atoms with Gasteiger partial charge in [0.05, 0.1) is 13.2 Å². The molecular weight excluding hydrogens is 307 g/mol. The minimum atomic E-state index is -0.160. The van der Waals surface area contributed by atoms with Crippen LogP contribution >= 0.6 is 0 Å². The third-order valence-electron chi connectivity index (χ3n) is 4.93. The zero-order chi connectivity index (χ0) is 16.8. The molecule has 1 aromatic rings. The Morgan fingerprint density at radius 3 is 2.75 bits per heavy atom. The predicted octanol–water partition coefficient (Wildman–Crippen LogP) is 1.35. The highest BCUT2D eigenvalue weighted by molar-refractivity contribution is 5.79. The maximum absolute atomic E-state index is 13.5. The van der Waals surface area contributed by atoms with Crippen LogP contribution < -0.4 is 10.6 Å². The van der Waals surface area contributed by atoms with Crippen molar-refractivity contribution in [2.75, 3.05) is 53.0 Å². The normalized spacial score (nSPS) is 20.7. The van der Waals surface area contributed by atoms with Crippen molar-refractivity contribution in [3.8, 4) is 0 Å². The third kappa shape index (κ3) is 4.45. The molecule has 6 heteroatoms. The topological polar surface area (TPSA) is 48.9 Å². The number of benzene rings is 1. The van der Waals surface area contributed by atoms with Crippen molar-refractivity contribution < 1.29 is 9.13 Å². The molecule has 0 aromatic heterocycles. The summed E-state index contributed by atoms with van der Waals surface area (Å²) in [5.74, 6) is 0.651. The summed E-state index contributed by atoms with van der Waals surface area (Å²) < 4.78 is 18.8. The smallest absolute Gasteiger partial charge is 0.191 e. The number of halogens is 1. The number of aliphatic imine (C=N–C) groups is 1. The van der Waals surface area contributed by atoms with Gasteiger partial charge < -0.3 is 15.4 Å². The van der Waals surface area contributed by atoms with Crippen molar-refractivity contribution in [1.29, 1.82) is 0 Å². The molecule has 1 aliphatic heterocycles. The summed E-state index contributed by atoms with van der Waals surface area (Å²) in [6.45, 7) is 6.26. The maximum Gasteiger partial charge on any atom is 0.191 e. The van der Waals surface area contributed by atoms with Crippen molar-refractivity contribution in [2.45, 2.75) is 18.3 Å². The number of hydrogen-bond acceptors (Lipinski definition) is 3. The van der Waals surface area contributed by atoms with Crippen LogP contribution in [0.2, 0.25) is 0 Å². The van der Waals surface area contributed by atoms with Crippen molar-refractivity contribution >= 4 is 5.96 Å². The maximum atomic E-state index is 13.5. The summed E-state index contributed by atoms with van der Waals surface area (Å²) >= 11 is 0. The summed E-state index contributed by atoms with van der Waals surface area (Å²) in [4.78, 5) is 6.68. The molecule has 0 bridgehead atoms. The van der Waals surface area contributed by atoms with E-state index in [1.54, 1.807) is 19.2 Å². The van der Waals surface area contributed by atoms with E-state index >= 15 is 0 Å². The van der Waals surface area contributed by atoms with Gasteiger partial charge in [0.2, 0.25) is 0 Å². The van der Waals surface area contributed by atoms with E-state index < -0.39 is 0 Å². The second-order valence-corrected chi connectivity index (χ2v) is 6.60. The van der Waals surface area contributed by atoms with Crippen LogP contribution in [0.1, 0.15) is 18.4 Å². The molecule has 5 nitrogen and oxygen atoms in total. The average Bonchev–Trinajstić information content (AvgIpc) is 3.40. The highest BCUT2D eigenvalue weighted by Crippen LogP contribution is 2.47.